The predicted octanol–water partition coefficient (Wildman–Crippen LogP) is 5.31. The Morgan fingerprint density at radius 1 is 1.16 bits per heavy atom. The SMILES string of the molecule is CCCc1ncc(-c2onc(C)c2C)c([C@@H]2CCCCN2C(=O)Cc2ccc(C)cc2)n1. The summed E-state index contributed by atoms with van der Waals surface area (Å²) >= 11 is 0. The van der Waals surface area contributed by atoms with Crippen LogP contribution in [0.2, 0.25) is 0 Å². The smallest absolute Gasteiger partial charge is 0.227 e. The number of hydrogen-bond acceptors (Lipinski definition) is 5. The summed E-state index contributed by atoms with van der Waals surface area (Å²) in [6.45, 7) is 8.87. The number of aryl methyl sites for hydroxylation is 3. The first-order valence-corrected chi connectivity index (χ1v) is 11.6. The van der Waals surface area contributed by atoms with E-state index in [2.05, 4.69) is 36.1 Å². The highest BCUT2D eigenvalue weighted by Crippen LogP contribution is 2.37. The van der Waals surface area contributed by atoms with Crippen LogP contribution in [0.25, 0.3) is 11.3 Å². The molecule has 1 atom stereocenters. The van der Waals surface area contributed by atoms with Crippen molar-refractivity contribution in [1.29, 1.82) is 0 Å². The number of rotatable bonds is 6. The van der Waals surface area contributed by atoms with Gasteiger partial charge in [-0.2, -0.15) is 0 Å². The molecule has 0 bridgehead atoms. The zero-order chi connectivity index (χ0) is 22.7. The van der Waals surface area contributed by atoms with Crippen molar-refractivity contribution in [3.05, 3.63) is 64.4 Å². The fourth-order valence-electron chi connectivity index (χ4n) is 4.37. The monoisotopic (exact) mass is 432 g/mol. The lowest BCUT2D eigenvalue weighted by molar-refractivity contribution is -0.134. The van der Waals surface area contributed by atoms with Crippen molar-refractivity contribution in [3.8, 4) is 11.3 Å². The first kappa shape index (κ1) is 22.2. The van der Waals surface area contributed by atoms with Gasteiger partial charge in [-0.1, -0.05) is 41.9 Å². The highest BCUT2D eigenvalue weighted by molar-refractivity contribution is 5.80. The molecule has 168 valence electrons. The van der Waals surface area contributed by atoms with Gasteiger partial charge in [0.25, 0.3) is 0 Å². The maximum atomic E-state index is 13.4. The third-order valence-corrected chi connectivity index (χ3v) is 6.36. The summed E-state index contributed by atoms with van der Waals surface area (Å²) in [5.74, 6) is 1.67. The molecule has 0 saturated carbocycles. The molecule has 0 radical (unpaired) electrons. The minimum Gasteiger partial charge on any atom is -0.356 e. The zero-order valence-electron chi connectivity index (χ0n) is 19.5. The molecular formula is C26H32N4O2. The summed E-state index contributed by atoms with van der Waals surface area (Å²) in [4.78, 5) is 25.0. The third-order valence-electron chi connectivity index (χ3n) is 6.36. The molecule has 0 unspecified atom stereocenters. The Morgan fingerprint density at radius 2 is 1.94 bits per heavy atom. The summed E-state index contributed by atoms with van der Waals surface area (Å²) in [5.41, 5.74) is 5.83. The van der Waals surface area contributed by atoms with E-state index in [4.69, 9.17) is 9.51 Å². The van der Waals surface area contributed by atoms with Crippen molar-refractivity contribution in [3.63, 3.8) is 0 Å². The van der Waals surface area contributed by atoms with Crippen LogP contribution in [0.1, 0.15) is 72.6 Å². The van der Waals surface area contributed by atoms with Gasteiger partial charge < -0.3 is 9.42 Å². The number of hydrogen-bond donors (Lipinski definition) is 0. The predicted molar refractivity (Wildman–Crippen MR) is 124 cm³/mol. The Kier molecular flexibility index (Phi) is 6.68. The molecule has 0 N–H and O–H groups in total. The van der Waals surface area contributed by atoms with Gasteiger partial charge in [0.15, 0.2) is 5.76 Å². The average Bonchev–Trinajstić information content (AvgIpc) is 3.13. The van der Waals surface area contributed by atoms with Gasteiger partial charge in [-0.15, -0.1) is 0 Å². The molecule has 1 saturated heterocycles. The molecule has 1 fully saturated rings. The third kappa shape index (κ3) is 4.59. The average molecular weight is 433 g/mol. The lowest BCUT2D eigenvalue weighted by Crippen LogP contribution is -2.40. The lowest BCUT2D eigenvalue weighted by Gasteiger charge is -2.36. The van der Waals surface area contributed by atoms with Gasteiger partial charge in [-0.3, -0.25) is 4.79 Å². The van der Waals surface area contributed by atoms with Crippen LogP contribution in [0.15, 0.2) is 35.0 Å². The van der Waals surface area contributed by atoms with Gasteiger partial charge in [0.1, 0.15) is 5.82 Å². The summed E-state index contributed by atoms with van der Waals surface area (Å²) in [6, 6.07) is 8.13. The van der Waals surface area contributed by atoms with Crippen LogP contribution < -0.4 is 0 Å². The number of piperidine rings is 1. The summed E-state index contributed by atoms with van der Waals surface area (Å²) in [7, 11) is 0. The van der Waals surface area contributed by atoms with Gasteiger partial charge in [-0.25, -0.2) is 9.97 Å². The zero-order valence-corrected chi connectivity index (χ0v) is 19.5. The van der Waals surface area contributed by atoms with Crippen LogP contribution in [-0.2, 0) is 17.6 Å². The van der Waals surface area contributed by atoms with E-state index >= 15 is 0 Å². The maximum absolute atomic E-state index is 13.4. The Hall–Kier alpha value is -3.02. The van der Waals surface area contributed by atoms with Crippen molar-refractivity contribution in [2.24, 2.45) is 0 Å². The van der Waals surface area contributed by atoms with E-state index in [-0.39, 0.29) is 11.9 Å². The van der Waals surface area contributed by atoms with Gasteiger partial charge in [0, 0.05) is 24.7 Å². The van der Waals surface area contributed by atoms with Gasteiger partial charge in [0.2, 0.25) is 5.91 Å². The molecule has 6 heteroatoms. The molecule has 6 nitrogen and oxygen atoms in total. The minimum absolute atomic E-state index is 0.0832. The van der Waals surface area contributed by atoms with Gasteiger partial charge in [0.05, 0.1) is 29.4 Å². The molecule has 1 aromatic carbocycles. The van der Waals surface area contributed by atoms with E-state index in [1.54, 1.807) is 0 Å². The van der Waals surface area contributed by atoms with Crippen LogP contribution in [0.4, 0.5) is 0 Å². The van der Waals surface area contributed by atoms with Crippen molar-refractivity contribution in [2.45, 2.75) is 72.3 Å². The highest BCUT2D eigenvalue weighted by Gasteiger charge is 2.32. The summed E-state index contributed by atoms with van der Waals surface area (Å²) in [6.07, 6.45) is 7.02. The normalized spacial score (nSPS) is 16.4. The van der Waals surface area contributed by atoms with Crippen LogP contribution >= 0.6 is 0 Å². The lowest BCUT2D eigenvalue weighted by atomic mass is 9.94. The number of nitrogens with zero attached hydrogens (tertiary/aromatic N) is 4. The van der Waals surface area contributed by atoms with Gasteiger partial charge in [-0.05, 0) is 52.0 Å². The van der Waals surface area contributed by atoms with Crippen LogP contribution in [0, 0.1) is 20.8 Å². The second kappa shape index (κ2) is 9.63. The first-order chi connectivity index (χ1) is 15.5. The number of likely N-dealkylation sites (tertiary alicyclic amines) is 1. The molecule has 3 heterocycles. The van der Waals surface area contributed by atoms with Crippen molar-refractivity contribution in [1.82, 2.24) is 20.0 Å². The minimum atomic E-state index is -0.0832. The largest absolute Gasteiger partial charge is 0.356 e. The van der Waals surface area contributed by atoms with E-state index in [1.165, 1.54) is 5.56 Å². The quantitative estimate of drug-likeness (QED) is 0.528. The van der Waals surface area contributed by atoms with Crippen LogP contribution in [0.5, 0.6) is 0 Å². The molecule has 0 spiro atoms. The molecule has 4 rings (SSSR count). The summed E-state index contributed by atoms with van der Waals surface area (Å²) < 4.78 is 5.68. The Labute approximate surface area is 190 Å². The fraction of sp³-hybridized carbons (Fsp3) is 0.462. The summed E-state index contributed by atoms with van der Waals surface area (Å²) in [5, 5.41) is 4.14. The Morgan fingerprint density at radius 3 is 2.62 bits per heavy atom. The highest BCUT2D eigenvalue weighted by atomic mass is 16.5. The van der Waals surface area contributed by atoms with Crippen molar-refractivity contribution in [2.75, 3.05) is 6.54 Å². The number of aromatic nitrogens is 3. The number of benzene rings is 1. The van der Waals surface area contributed by atoms with Crippen molar-refractivity contribution >= 4 is 5.91 Å². The molecule has 0 aliphatic carbocycles. The van der Waals surface area contributed by atoms with E-state index < -0.39 is 0 Å². The first-order valence-electron chi connectivity index (χ1n) is 11.6. The number of amides is 1. The second-order valence-corrected chi connectivity index (χ2v) is 8.82. The Balaban J connectivity index is 1.71. The van der Waals surface area contributed by atoms with Crippen molar-refractivity contribution < 1.29 is 9.32 Å². The topological polar surface area (TPSA) is 72.1 Å². The number of carbonyl (C=O) groups is 1. The number of carbonyl (C=O) groups excluding carboxylic acids is 1. The van der Waals surface area contributed by atoms with E-state index in [0.717, 1.165) is 72.6 Å². The van der Waals surface area contributed by atoms with Crippen LogP contribution in [0.3, 0.4) is 0 Å². The molecule has 3 aromatic rings. The molecule has 2 aromatic heterocycles. The van der Waals surface area contributed by atoms with E-state index in [1.807, 2.05) is 37.1 Å². The molecular weight excluding hydrogens is 400 g/mol. The molecule has 1 aliphatic rings. The van der Waals surface area contributed by atoms with E-state index in [0.29, 0.717) is 12.2 Å². The molecule has 1 aliphatic heterocycles. The van der Waals surface area contributed by atoms with E-state index in [9.17, 15) is 4.79 Å². The fourth-order valence-corrected chi connectivity index (χ4v) is 4.37. The standard InChI is InChI=1S/C26H32N4O2/c1-5-8-23-27-16-21(26-18(3)19(4)29-32-26)25(28-23)22-9-6-7-14-30(22)24(31)15-20-12-10-17(2)11-13-20/h10-13,16,22H,5-9,14-15H2,1-4H3/t22-/m0/s1. The molecule has 32 heavy (non-hydrogen) atoms. The van der Waals surface area contributed by atoms with Crippen LogP contribution in [-0.4, -0.2) is 32.5 Å². The Bertz CT molecular complexity index is 1090. The maximum Gasteiger partial charge on any atom is 0.227 e. The van der Waals surface area contributed by atoms with Gasteiger partial charge >= 0.3 is 0 Å². The second-order valence-electron chi connectivity index (χ2n) is 8.82. The molecule has 1 amide bonds.